The van der Waals surface area contributed by atoms with Gasteiger partial charge in [0.2, 0.25) is 0 Å². The molecule has 4 rings (SSSR count). The van der Waals surface area contributed by atoms with Crippen LogP contribution < -0.4 is 0 Å². The summed E-state index contributed by atoms with van der Waals surface area (Å²) in [4.78, 5) is 24.9. The Balaban J connectivity index is 1.40. The maximum absolute atomic E-state index is 12.6. The lowest BCUT2D eigenvalue weighted by Gasteiger charge is -2.31. The Kier molecular flexibility index (Phi) is 4.03. The molecule has 7 nitrogen and oxygen atoms in total. The van der Waals surface area contributed by atoms with E-state index < -0.39 is 6.98 Å². The van der Waals surface area contributed by atoms with Crippen molar-refractivity contribution in [2.45, 2.75) is 6.42 Å². The molecule has 0 saturated carbocycles. The Morgan fingerprint density at radius 2 is 1.96 bits per heavy atom. The summed E-state index contributed by atoms with van der Waals surface area (Å²) in [5, 5.41) is 5.13. The van der Waals surface area contributed by atoms with Gasteiger partial charge in [-0.15, -0.1) is 0 Å². The monoisotopic (exact) mass is 367 g/mol. The van der Waals surface area contributed by atoms with Gasteiger partial charge in [0, 0.05) is 71.9 Å². The summed E-state index contributed by atoms with van der Waals surface area (Å²) in [7, 11) is 1.87. The second-order valence-corrected chi connectivity index (χ2v) is 6.97. The van der Waals surface area contributed by atoms with Crippen molar-refractivity contribution in [3.05, 3.63) is 42.6 Å². The predicted octanol–water partition coefficient (Wildman–Crippen LogP) is 1.39. The molecule has 3 aromatic rings. The number of likely N-dealkylation sites (N-methyl/N-ethyl adjacent to an activating group) is 1. The van der Waals surface area contributed by atoms with E-state index in [1.54, 1.807) is 23.3 Å². The molecule has 0 aliphatic carbocycles. The van der Waals surface area contributed by atoms with Crippen LogP contribution in [0.3, 0.4) is 0 Å². The first kappa shape index (κ1) is 14.4. The third-order valence-electron chi connectivity index (χ3n) is 4.81. The van der Waals surface area contributed by atoms with Gasteiger partial charge in [-0.05, 0) is 19.1 Å². The number of hydrogen-bond donors (Lipinski definition) is 0. The molecule has 0 N–H and O–H groups in total. The van der Waals surface area contributed by atoms with Gasteiger partial charge in [0.15, 0.2) is 5.78 Å². The number of rotatable bonds is 5. The van der Waals surface area contributed by atoms with E-state index >= 15 is 0 Å². The zero-order chi connectivity index (χ0) is 21.3. The second kappa shape index (κ2) is 7.54. The van der Waals surface area contributed by atoms with E-state index in [4.69, 9.17) is 4.11 Å². The number of carbonyl (C=O) groups is 1. The van der Waals surface area contributed by atoms with Crippen LogP contribution in [0.1, 0.15) is 9.81 Å². The highest BCUT2D eigenvalue weighted by Gasteiger charge is 2.17. The number of aromatic nitrogens is 4. The number of piperazine rings is 1. The topological polar surface area (TPSA) is 67.2 Å². The van der Waals surface area contributed by atoms with Gasteiger partial charge in [-0.25, -0.2) is 0 Å². The molecular formula is C20H24N6O. The first-order valence-corrected chi connectivity index (χ1v) is 9.01. The van der Waals surface area contributed by atoms with Crippen LogP contribution in [0.4, 0.5) is 0 Å². The number of nitrogens with zero attached hydrogens (tertiary/aromatic N) is 6. The van der Waals surface area contributed by atoms with Gasteiger partial charge in [-0.3, -0.25) is 24.3 Å². The van der Waals surface area contributed by atoms with Gasteiger partial charge in [-0.2, -0.15) is 5.10 Å². The molecule has 1 aliphatic rings. The largest absolute Gasteiger partial charge is 0.304 e. The van der Waals surface area contributed by atoms with Crippen molar-refractivity contribution < 1.29 is 8.91 Å². The van der Waals surface area contributed by atoms with Crippen LogP contribution in [-0.2, 0) is 18.3 Å². The molecule has 0 spiro atoms. The fourth-order valence-electron chi connectivity index (χ4n) is 3.31. The van der Waals surface area contributed by atoms with Crippen LogP contribution in [0.5, 0.6) is 0 Å². The number of ketones is 1. The van der Waals surface area contributed by atoms with E-state index in [0.717, 1.165) is 22.0 Å². The van der Waals surface area contributed by atoms with Crippen molar-refractivity contribution in [3.8, 4) is 11.1 Å². The minimum absolute atomic E-state index is 0.0700. The fraction of sp³-hybridized carbons (Fsp3) is 0.400. The molecule has 0 atom stereocenters. The summed E-state index contributed by atoms with van der Waals surface area (Å²) < 4.78 is 24.2. The van der Waals surface area contributed by atoms with Gasteiger partial charge in [0.25, 0.3) is 0 Å². The number of fused-ring (bicyclic) bond motifs is 1. The predicted molar refractivity (Wildman–Crippen MR) is 104 cm³/mol. The summed E-state index contributed by atoms with van der Waals surface area (Å²) in [5.74, 6) is 0.0700. The van der Waals surface area contributed by atoms with Crippen LogP contribution in [0.25, 0.3) is 22.0 Å². The normalized spacial score (nSPS) is 18.2. The van der Waals surface area contributed by atoms with Gasteiger partial charge in [0.05, 0.1) is 30.9 Å². The van der Waals surface area contributed by atoms with Gasteiger partial charge < -0.3 is 4.90 Å². The Hall–Kier alpha value is -2.64. The smallest absolute Gasteiger partial charge is 0.152 e. The molecule has 0 aromatic carbocycles. The minimum atomic E-state index is -2.06. The van der Waals surface area contributed by atoms with Crippen molar-refractivity contribution in [3.63, 3.8) is 0 Å². The van der Waals surface area contributed by atoms with Gasteiger partial charge in [0.1, 0.15) is 0 Å². The molecule has 140 valence electrons. The lowest BCUT2D eigenvalue weighted by Crippen LogP contribution is -2.46. The Morgan fingerprint density at radius 3 is 2.70 bits per heavy atom. The third kappa shape index (κ3) is 4.20. The lowest BCUT2D eigenvalue weighted by atomic mass is 10.1. The van der Waals surface area contributed by atoms with E-state index in [9.17, 15) is 4.79 Å². The highest BCUT2D eigenvalue weighted by Crippen LogP contribution is 2.22. The zero-order valence-electron chi connectivity index (χ0n) is 18.3. The first-order valence-electron chi connectivity index (χ1n) is 10.5. The van der Waals surface area contributed by atoms with Crippen LogP contribution in [-0.4, -0.2) is 75.0 Å². The number of hydrogen-bond acceptors (Lipinski definition) is 6. The highest BCUT2D eigenvalue weighted by molar-refractivity contribution is 5.86. The number of Topliss-reactive ketones (excluding diaryl/α,β-unsaturated/α-hetero) is 1. The molecule has 7 heteroatoms. The summed E-state index contributed by atoms with van der Waals surface area (Å²) in [6.07, 6.45) is 7.46. The van der Waals surface area contributed by atoms with Crippen molar-refractivity contribution in [2.75, 3.05) is 39.7 Å². The van der Waals surface area contributed by atoms with E-state index in [1.165, 1.54) is 4.90 Å². The van der Waals surface area contributed by atoms with Gasteiger partial charge in [-0.1, -0.05) is 0 Å². The van der Waals surface area contributed by atoms with Crippen LogP contribution in [0, 0.1) is 0 Å². The van der Waals surface area contributed by atoms with Crippen molar-refractivity contribution >= 4 is 16.7 Å². The van der Waals surface area contributed by atoms with Crippen molar-refractivity contribution in [2.24, 2.45) is 7.05 Å². The Morgan fingerprint density at radius 1 is 1.11 bits per heavy atom. The maximum Gasteiger partial charge on any atom is 0.152 e. The quantitative estimate of drug-likeness (QED) is 0.679. The molecule has 0 unspecified atom stereocenters. The molecule has 27 heavy (non-hydrogen) atoms. The average molecular weight is 367 g/mol. The number of aryl methyl sites for hydroxylation is 1. The van der Waals surface area contributed by atoms with E-state index in [-0.39, 0.29) is 12.2 Å². The Labute approximate surface area is 162 Å². The average Bonchev–Trinajstić information content (AvgIpc) is 3.13. The molecule has 1 saturated heterocycles. The maximum atomic E-state index is 12.6. The Bertz CT molecular complexity index is 1060. The molecule has 1 fully saturated rings. The molecule has 0 bridgehead atoms. The van der Waals surface area contributed by atoms with E-state index in [2.05, 4.69) is 15.1 Å². The standard InChI is InChI=1S/C20H24N6O/c1-24-3-5-26(6-4-24)14-19(27)9-18-8-15-7-16(10-22-20(15)12-21-18)17-11-23-25(2)13-17/h7-8,10-13H,3-6,9,14H2,1-2H3/i1D3. The number of pyridine rings is 2. The molecular weight excluding hydrogens is 340 g/mol. The van der Waals surface area contributed by atoms with Crippen LogP contribution >= 0.6 is 0 Å². The van der Waals surface area contributed by atoms with Crippen molar-refractivity contribution in [1.29, 1.82) is 0 Å². The van der Waals surface area contributed by atoms with Crippen LogP contribution in [0.2, 0.25) is 0 Å². The molecule has 4 heterocycles. The minimum Gasteiger partial charge on any atom is -0.304 e. The number of carbonyl (C=O) groups excluding carboxylic acids is 1. The molecule has 1 aliphatic heterocycles. The zero-order valence-corrected chi connectivity index (χ0v) is 15.3. The summed E-state index contributed by atoms with van der Waals surface area (Å²) in [6, 6.07) is 3.94. The molecule has 0 amide bonds. The summed E-state index contributed by atoms with van der Waals surface area (Å²) >= 11 is 0. The molecule has 0 radical (unpaired) electrons. The fourth-order valence-corrected chi connectivity index (χ4v) is 3.31. The van der Waals surface area contributed by atoms with E-state index in [1.807, 2.05) is 30.3 Å². The van der Waals surface area contributed by atoms with E-state index in [0.29, 0.717) is 38.4 Å². The van der Waals surface area contributed by atoms with Crippen molar-refractivity contribution in [1.82, 2.24) is 29.5 Å². The molecule has 3 aromatic heterocycles. The summed E-state index contributed by atoms with van der Waals surface area (Å²) in [6.45, 7) is 0.291. The third-order valence-corrected chi connectivity index (χ3v) is 4.81. The second-order valence-electron chi connectivity index (χ2n) is 6.97. The first-order chi connectivity index (χ1) is 14.3. The SMILES string of the molecule is [2H]C([2H])([2H])N1CCN(CC(=O)Cc2cc3cc(-c4cnn(C)c4)cnc3cn2)CC1. The summed E-state index contributed by atoms with van der Waals surface area (Å²) in [5.41, 5.74) is 3.43. The van der Waals surface area contributed by atoms with Crippen LogP contribution in [0.15, 0.2) is 36.9 Å². The lowest BCUT2D eigenvalue weighted by molar-refractivity contribution is -0.120. The van der Waals surface area contributed by atoms with Gasteiger partial charge >= 0.3 is 0 Å². The highest BCUT2D eigenvalue weighted by atomic mass is 16.1.